The van der Waals surface area contributed by atoms with Gasteiger partial charge >= 0.3 is 0 Å². The van der Waals surface area contributed by atoms with E-state index in [0.717, 1.165) is 0 Å². The number of ether oxygens (including phenoxy) is 1. The van der Waals surface area contributed by atoms with E-state index >= 15 is 0 Å². The highest BCUT2D eigenvalue weighted by Crippen LogP contribution is 2.29. The Kier molecular flexibility index (Phi) is 3.42. The summed E-state index contributed by atoms with van der Waals surface area (Å²) in [4.78, 5) is 0. The zero-order valence-electron chi connectivity index (χ0n) is 8.37. The largest absolute Gasteiger partial charge is 0.365 e. The Labute approximate surface area is 81.2 Å². The van der Waals surface area contributed by atoms with Crippen LogP contribution in [0.1, 0.15) is 51.4 Å². The lowest BCUT2D eigenvalue weighted by atomic mass is 10.0. The third-order valence-electron chi connectivity index (χ3n) is 3.06. The highest BCUT2D eigenvalue weighted by molar-refractivity contribution is 5.02. The molecule has 0 radical (unpaired) electrons. The van der Waals surface area contributed by atoms with Gasteiger partial charge in [0.05, 0.1) is 6.10 Å². The predicted octanol–water partition coefficient (Wildman–Crippen LogP) is 3.44. The Hall–Kier alpha value is -0.300. The van der Waals surface area contributed by atoms with Gasteiger partial charge in [-0.25, -0.2) is 0 Å². The molecule has 0 aromatic carbocycles. The second kappa shape index (κ2) is 4.80. The van der Waals surface area contributed by atoms with Crippen molar-refractivity contribution in [2.24, 2.45) is 0 Å². The van der Waals surface area contributed by atoms with E-state index in [1.54, 1.807) is 0 Å². The lowest BCUT2D eigenvalue weighted by molar-refractivity contribution is 0.372. The van der Waals surface area contributed by atoms with Gasteiger partial charge in [-0.1, -0.05) is 44.3 Å². The fraction of sp³-hybridized carbons (Fsp3) is 0.833. The molecule has 1 fully saturated rings. The molecule has 2 atom stereocenters. The first-order valence-corrected chi connectivity index (χ1v) is 5.79. The first kappa shape index (κ1) is 9.26. The summed E-state index contributed by atoms with van der Waals surface area (Å²) in [6, 6.07) is 0. The van der Waals surface area contributed by atoms with Crippen molar-refractivity contribution in [3.05, 3.63) is 12.2 Å². The van der Waals surface area contributed by atoms with Gasteiger partial charge in [0.2, 0.25) is 0 Å². The van der Waals surface area contributed by atoms with Crippen molar-refractivity contribution in [2.45, 2.75) is 63.6 Å². The molecule has 0 spiro atoms. The van der Waals surface area contributed by atoms with E-state index in [1.165, 1.54) is 51.4 Å². The summed E-state index contributed by atoms with van der Waals surface area (Å²) in [5.74, 6) is 0. The van der Waals surface area contributed by atoms with Crippen LogP contribution in [0.25, 0.3) is 0 Å². The summed E-state index contributed by atoms with van der Waals surface area (Å²) in [6.45, 7) is 0. The number of rotatable bonds is 0. The van der Waals surface area contributed by atoms with Crippen LogP contribution in [0.5, 0.6) is 0 Å². The highest BCUT2D eigenvalue weighted by atomic mass is 16.6. The standard InChI is InChI=1S/C12H20O/c1-2-4-6-8-10-12-11(13-12)9-7-5-3-1/h7,9,11-12H,1-6,8,10H2/t11-,12+/m0/s1. The van der Waals surface area contributed by atoms with Crippen LogP contribution in [-0.4, -0.2) is 12.2 Å². The summed E-state index contributed by atoms with van der Waals surface area (Å²) in [7, 11) is 0. The van der Waals surface area contributed by atoms with E-state index in [2.05, 4.69) is 12.2 Å². The summed E-state index contributed by atoms with van der Waals surface area (Å²) in [6.07, 6.45) is 16.6. The van der Waals surface area contributed by atoms with Gasteiger partial charge in [0.1, 0.15) is 6.10 Å². The molecule has 1 heterocycles. The molecule has 74 valence electrons. The number of epoxide rings is 1. The molecule has 1 aliphatic carbocycles. The molecule has 0 N–H and O–H groups in total. The number of allylic oxidation sites excluding steroid dienone is 1. The van der Waals surface area contributed by atoms with Gasteiger partial charge in [-0.2, -0.15) is 0 Å². The summed E-state index contributed by atoms with van der Waals surface area (Å²) in [5.41, 5.74) is 0. The van der Waals surface area contributed by atoms with Crippen molar-refractivity contribution in [2.75, 3.05) is 0 Å². The SMILES string of the molecule is C1=C[C@@H]2O[C@@H]2CCCCCCCC1. The van der Waals surface area contributed by atoms with Crippen LogP contribution in [0.15, 0.2) is 12.2 Å². The fourth-order valence-electron chi connectivity index (χ4n) is 2.10. The van der Waals surface area contributed by atoms with Gasteiger partial charge in [-0.05, 0) is 19.3 Å². The Morgan fingerprint density at radius 1 is 0.923 bits per heavy atom. The third-order valence-corrected chi connectivity index (χ3v) is 3.06. The van der Waals surface area contributed by atoms with Crippen molar-refractivity contribution in [1.82, 2.24) is 0 Å². The van der Waals surface area contributed by atoms with Gasteiger partial charge in [0.25, 0.3) is 0 Å². The Morgan fingerprint density at radius 3 is 2.62 bits per heavy atom. The van der Waals surface area contributed by atoms with Crippen molar-refractivity contribution < 1.29 is 4.74 Å². The first-order valence-electron chi connectivity index (χ1n) is 5.79. The van der Waals surface area contributed by atoms with E-state index in [1.807, 2.05) is 0 Å². The maximum atomic E-state index is 5.54. The van der Waals surface area contributed by atoms with Crippen LogP contribution < -0.4 is 0 Å². The Bertz CT molecular complexity index is 174. The second-order valence-corrected chi connectivity index (χ2v) is 4.27. The molecule has 0 bridgehead atoms. The highest BCUT2D eigenvalue weighted by Gasteiger charge is 2.35. The lowest BCUT2D eigenvalue weighted by Gasteiger charge is -2.00. The number of hydrogen-bond acceptors (Lipinski definition) is 1. The van der Waals surface area contributed by atoms with Crippen LogP contribution in [0.3, 0.4) is 0 Å². The van der Waals surface area contributed by atoms with Crippen molar-refractivity contribution in [3.8, 4) is 0 Å². The average molecular weight is 180 g/mol. The van der Waals surface area contributed by atoms with Crippen molar-refractivity contribution >= 4 is 0 Å². The molecule has 13 heavy (non-hydrogen) atoms. The molecule has 1 saturated heterocycles. The molecular weight excluding hydrogens is 160 g/mol. The Morgan fingerprint density at radius 2 is 1.69 bits per heavy atom. The van der Waals surface area contributed by atoms with Gasteiger partial charge in [-0.15, -0.1) is 0 Å². The Balaban J connectivity index is 1.75. The van der Waals surface area contributed by atoms with Crippen LogP contribution in [0.4, 0.5) is 0 Å². The van der Waals surface area contributed by atoms with Crippen molar-refractivity contribution in [1.29, 1.82) is 0 Å². The number of hydrogen-bond donors (Lipinski definition) is 0. The molecule has 2 aliphatic rings. The van der Waals surface area contributed by atoms with E-state index < -0.39 is 0 Å². The lowest BCUT2D eigenvalue weighted by Crippen LogP contribution is -1.92. The maximum Gasteiger partial charge on any atom is 0.102 e. The third kappa shape index (κ3) is 3.15. The smallest absolute Gasteiger partial charge is 0.102 e. The molecule has 0 saturated carbocycles. The molecular formula is C12H20O. The molecule has 1 nitrogen and oxygen atoms in total. The minimum Gasteiger partial charge on any atom is -0.365 e. The second-order valence-electron chi connectivity index (χ2n) is 4.27. The van der Waals surface area contributed by atoms with Crippen LogP contribution in [0.2, 0.25) is 0 Å². The summed E-state index contributed by atoms with van der Waals surface area (Å²) < 4.78 is 5.54. The fourth-order valence-corrected chi connectivity index (χ4v) is 2.10. The molecule has 1 aliphatic heterocycles. The summed E-state index contributed by atoms with van der Waals surface area (Å²) in [5, 5.41) is 0. The van der Waals surface area contributed by atoms with Gasteiger partial charge in [0.15, 0.2) is 0 Å². The zero-order chi connectivity index (χ0) is 8.93. The van der Waals surface area contributed by atoms with Crippen LogP contribution >= 0.6 is 0 Å². The minimum atomic E-state index is 0.486. The minimum absolute atomic E-state index is 0.486. The van der Waals surface area contributed by atoms with E-state index in [9.17, 15) is 0 Å². The molecule has 0 aromatic heterocycles. The number of fused-ring (bicyclic) bond motifs is 1. The normalized spacial score (nSPS) is 35.7. The molecule has 0 aromatic rings. The van der Waals surface area contributed by atoms with E-state index in [4.69, 9.17) is 4.74 Å². The van der Waals surface area contributed by atoms with Gasteiger partial charge in [-0.3, -0.25) is 0 Å². The van der Waals surface area contributed by atoms with Gasteiger partial charge in [0, 0.05) is 0 Å². The molecule has 2 rings (SSSR count). The maximum absolute atomic E-state index is 5.54. The predicted molar refractivity (Wildman–Crippen MR) is 54.7 cm³/mol. The first-order chi connectivity index (χ1) is 6.47. The van der Waals surface area contributed by atoms with Crippen LogP contribution in [-0.2, 0) is 4.74 Å². The molecule has 0 amide bonds. The van der Waals surface area contributed by atoms with Gasteiger partial charge < -0.3 is 4.74 Å². The zero-order valence-corrected chi connectivity index (χ0v) is 8.37. The average Bonchev–Trinajstić information content (AvgIpc) is 2.83. The van der Waals surface area contributed by atoms with E-state index in [0.29, 0.717) is 12.2 Å². The molecule has 1 heteroatoms. The topological polar surface area (TPSA) is 12.5 Å². The van der Waals surface area contributed by atoms with E-state index in [-0.39, 0.29) is 0 Å². The van der Waals surface area contributed by atoms with Crippen LogP contribution in [0, 0.1) is 0 Å². The summed E-state index contributed by atoms with van der Waals surface area (Å²) >= 11 is 0. The van der Waals surface area contributed by atoms with Crippen molar-refractivity contribution in [3.63, 3.8) is 0 Å². The quantitative estimate of drug-likeness (QED) is 0.411. The monoisotopic (exact) mass is 180 g/mol. The molecule has 0 unspecified atom stereocenters.